The average Bonchev–Trinajstić information content (AvgIpc) is 3.20. The second-order valence-electron chi connectivity index (χ2n) is 4.87. The highest BCUT2D eigenvalue weighted by molar-refractivity contribution is 14.1. The van der Waals surface area contributed by atoms with E-state index in [9.17, 15) is 4.39 Å². The Balaban J connectivity index is 2.11. The Morgan fingerprint density at radius 1 is 1.32 bits per heavy atom. The van der Waals surface area contributed by atoms with Gasteiger partial charge in [0, 0.05) is 11.5 Å². The van der Waals surface area contributed by atoms with Gasteiger partial charge >= 0.3 is 0 Å². The molecule has 1 heterocycles. The predicted octanol–water partition coefficient (Wildman–Crippen LogP) is 3.66. The van der Waals surface area contributed by atoms with Crippen LogP contribution in [0.3, 0.4) is 0 Å². The van der Waals surface area contributed by atoms with Gasteiger partial charge in [0.25, 0.3) is 0 Å². The lowest BCUT2D eigenvalue weighted by Gasteiger charge is -2.09. The highest BCUT2D eigenvalue weighted by atomic mass is 127. The van der Waals surface area contributed by atoms with Gasteiger partial charge in [-0.05, 0) is 66.1 Å². The molecule has 0 amide bonds. The van der Waals surface area contributed by atoms with Gasteiger partial charge in [-0.3, -0.25) is 0 Å². The van der Waals surface area contributed by atoms with Gasteiger partial charge in [-0.25, -0.2) is 14.4 Å². The van der Waals surface area contributed by atoms with Crippen LogP contribution in [0.1, 0.15) is 30.0 Å². The standard InChI is InChI=1S/C14H13FIN3/c1-7-6-9(4-5-10(7)15)14-18-12(8-2-3-8)11(16)13(17)19-14/h4-6,8H,2-3H2,1H3,(H2,17,18,19). The summed E-state index contributed by atoms with van der Waals surface area (Å²) in [5.74, 6) is 1.39. The Bertz CT molecular complexity index is 653. The summed E-state index contributed by atoms with van der Waals surface area (Å²) in [6.07, 6.45) is 2.32. The van der Waals surface area contributed by atoms with Crippen LogP contribution in [0.15, 0.2) is 18.2 Å². The summed E-state index contributed by atoms with van der Waals surface area (Å²) >= 11 is 2.20. The lowest BCUT2D eigenvalue weighted by molar-refractivity contribution is 0.618. The van der Waals surface area contributed by atoms with Crippen molar-refractivity contribution in [1.82, 2.24) is 9.97 Å². The number of hydrogen-bond acceptors (Lipinski definition) is 3. The van der Waals surface area contributed by atoms with E-state index in [1.807, 2.05) is 0 Å². The summed E-state index contributed by atoms with van der Waals surface area (Å²) in [5, 5.41) is 0. The van der Waals surface area contributed by atoms with Gasteiger partial charge < -0.3 is 5.73 Å². The predicted molar refractivity (Wildman–Crippen MR) is 81.3 cm³/mol. The molecule has 1 fully saturated rings. The van der Waals surface area contributed by atoms with E-state index in [0.29, 0.717) is 23.1 Å². The van der Waals surface area contributed by atoms with Gasteiger partial charge in [0.2, 0.25) is 0 Å². The van der Waals surface area contributed by atoms with Crippen LogP contribution < -0.4 is 5.73 Å². The molecule has 1 aliphatic carbocycles. The SMILES string of the molecule is Cc1cc(-c2nc(N)c(I)c(C3CC3)n2)ccc1F. The molecule has 1 saturated carbocycles. The minimum Gasteiger partial charge on any atom is -0.383 e. The van der Waals surface area contributed by atoms with Gasteiger partial charge in [-0.2, -0.15) is 0 Å². The zero-order valence-electron chi connectivity index (χ0n) is 10.5. The van der Waals surface area contributed by atoms with Crippen molar-refractivity contribution in [3.63, 3.8) is 0 Å². The fraction of sp³-hybridized carbons (Fsp3) is 0.286. The first-order chi connectivity index (χ1) is 9.06. The van der Waals surface area contributed by atoms with E-state index in [1.165, 1.54) is 6.07 Å². The number of hydrogen-bond donors (Lipinski definition) is 1. The van der Waals surface area contributed by atoms with Crippen molar-refractivity contribution in [2.24, 2.45) is 0 Å². The average molecular weight is 369 g/mol. The van der Waals surface area contributed by atoms with Crippen molar-refractivity contribution in [1.29, 1.82) is 0 Å². The van der Waals surface area contributed by atoms with Crippen LogP contribution in [0.4, 0.5) is 10.2 Å². The number of rotatable bonds is 2. The molecular formula is C14H13FIN3. The molecule has 0 spiro atoms. The third-order valence-corrected chi connectivity index (χ3v) is 4.39. The highest BCUT2D eigenvalue weighted by Crippen LogP contribution is 2.42. The van der Waals surface area contributed by atoms with Gasteiger partial charge in [-0.1, -0.05) is 0 Å². The lowest BCUT2D eigenvalue weighted by atomic mass is 10.1. The Hall–Kier alpha value is -1.24. The number of aryl methyl sites for hydroxylation is 1. The Morgan fingerprint density at radius 2 is 2.05 bits per heavy atom. The number of aromatic nitrogens is 2. The van der Waals surface area contributed by atoms with Crippen molar-refractivity contribution >= 4 is 28.4 Å². The second-order valence-corrected chi connectivity index (χ2v) is 5.95. The highest BCUT2D eigenvalue weighted by Gasteiger charge is 2.29. The van der Waals surface area contributed by atoms with Crippen LogP contribution in [0.25, 0.3) is 11.4 Å². The molecular weight excluding hydrogens is 356 g/mol. The van der Waals surface area contributed by atoms with E-state index in [1.54, 1.807) is 19.1 Å². The van der Waals surface area contributed by atoms with E-state index in [4.69, 9.17) is 5.73 Å². The fourth-order valence-electron chi connectivity index (χ4n) is 2.02. The van der Waals surface area contributed by atoms with Crippen LogP contribution in [-0.2, 0) is 0 Å². The molecule has 0 unspecified atom stereocenters. The zero-order chi connectivity index (χ0) is 13.6. The van der Waals surface area contributed by atoms with E-state index < -0.39 is 0 Å². The Morgan fingerprint density at radius 3 is 2.68 bits per heavy atom. The minimum absolute atomic E-state index is 0.218. The normalized spacial score (nSPS) is 14.7. The molecule has 98 valence electrons. The lowest BCUT2D eigenvalue weighted by Crippen LogP contribution is -2.04. The molecule has 0 radical (unpaired) electrons. The molecule has 2 aromatic rings. The number of nitrogens with two attached hydrogens (primary N) is 1. The van der Waals surface area contributed by atoms with Crippen LogP contribution in [-0.4, -0.2) is 9.97 Å². The summed E-state index contributed by atoms with van der Waals surface area (Å²) in [7, 11) is 0. The van der Waals surface area contributed by atoms with E-state index in [2.05, 4.69) is 32.6 Å². The van der Waals surface area contributed by atoms with Crippen molar-refractivity contribution < 1.29 is 4.39 Å². The molecule has 3 rings (SSSR count). The van der Waals surface area contributed by atoms with Crippen molar-refractivity contribution in [3.8, 4) is 11.4 Å². The Kier molecular flexibility index (Phi) is 3.16. The van der Waals surface area contributed by atoms with Crippen molar-refractivity contribution in [3.05, 3.63) is 38.8 Å². The van der Waals surface area contributed by atoms with Crippen LogP contribution >= 0.6 is 22.6 Å². The summed E-state index contributed by atoms with van der Waals surface area (Å²) in [5.41, 5.74) is 8.39. The van der Waals surface area contributed by atoms with E-state index >= 15 is 0 Å². The first-order valence-corrected chi connectivity index (χ1v) is 7.23. The topological polar surface area (TPSA) is 51.8 Å². The molecule has 1 aromatic carbocycles. The van der Waals surface area contributed by atoms with E-state index in [-0.39, 0.29) is 5.82 Å². The number of nitrogen functional groups attached to an aromatic ring is 1. The number of benzene rings is 1. The van der Waals surface area contributed by atoms with Gasteiger partial charge in [-0.15, -0.1) is 0 Å². The molecule has 0 bridgehead atoms. The molecule has 3 nitrogen and oxygen atoms in total. The molecule has 0 saturated heterocycles. The smallest absolute Gasteiger partial charge is 0.161 e. The van der Waals surface area contributed by atoms with Crippen LogP contribution in [0, 0.1) is 16.3 Å². The quantitative estimate of drug-likeness (QED) is 0.823. The molecule has 2 N–H and O–H groups in total. The third-order valence-electron chi connectivity index (χ3n) is 3.28. The van der Waals surface area contributed by atoms with Gasteiger partial charge in [0.1, 0.15) is 11.6 Å². The second kappa shape index (κ2) is 4.70. The summed E-state index contributed by atoms with van der Waals surface area (Å²) in [6, 6.07) is 4.90. The third kappa shape index (κ3) is 2.43. The van der Waals surface area contributed by atoms with E-state index in [0.717, 1.165) is 27.7 Å². The maximum absolute atomic E-state index is 13.3. The maximum Gasteiger partial charge on any atom is 0.161 e. The molecule has 5 heteroatoms. The fourth-order valence-corrected chi connectivity index (χ4v) is 2.70. The molecule has 0 atom stereocenters. The number of nitrogens with zero attached hydrogens (tertiary/aromatic N) is 2. The molecule has 0 aliphatic heterocycles. The number of halogens is 2. The van der Waals surface area contributed by atoms with Crippen LogP contribution in [0.5, 0.6) is 0 Å². The first-order valence-electron chi connectivity index (χ1n) is 6.15. The maximum atomic E-state index is 13.3. The summed E-state index contributed by atoms with van der Waals surface area (Å²) < 4.78 is 14.3. The van der Waals surface area contributed by atoms with Crippen molar-refractivity contribution in [2.75, 3.05) is 5.73 Å². The van der Waals surface area contributed by atoms with Crippen molar-refractivity contribution in [2.45, 2.75) is 25.7 Å². The van der Waals surface area contributed by atoms with Crippen LogP contribution in [0.2, 0.25) is 0 Å². The zero-order valence-corrected chi connectivity index (χ0v) is 12.6. The monoisotopic (exact) mass is 369 g/mol. The molecule has 1 aliphatic rings. The van der Waals surface area contributed by atoms with Gasteiger partial charge in [0.05, 0.1) is 9.26 Å². The summed E-state index contributed by atoms with van der Waals surface area (Å²) in [4.78, 5) is 8.94. The minimum atomic E-state index is -0.218. The first kappa shape index (κ1) is 12.8. The Labute approximate surface area is 124 Å². The molecule has 19 heavy (non-hydrogen) atoms. The largest absolute Gasteiger partial charge is 0.383 e. The molecule has 1 aromatic heterocycles. The van der Waals surface area contributed by atoms with Gasteiger partial charge in [0.15, 0.2) is 5.82 Å². The number of anilines is 1. The summed E-state index contributed by atoms with van der Waals surface area (Å²) in [6.45, 7) is 1.73.